The fourth-order valence-corrected chi connectivity index (χ4v) is 3.60. The van der Waals surface area contributed by atoms with Crippen LogP contribution in [0.1, 0.15) is 42.2 Å². The molecule has 1 aliphatic carbocycles. The van der Waals surface area contributed by atoms with Crippen LogP contribution in [-0.2, 0) is 11.2 Å². The van der Waals surface area contributed by atoms with Gasteiger partial charge in [0, 0.05) is 30.9 Å². The Morgan fingerprint density at radius 3 is 2.93 bits per heavy atom. The van der Waals surface area contributed by atoms with Crippen LogP contribution in [-0.4, -0.2) is 57.7 Å². The molecule has 1 saturated carbocycles. The Morgan fingerprint density at radius 1 is 1.25 bits per heavy atom. The molecule has 2 aliphatic rings. The second-order valence-electron chi connectivity index (χ2n) is 7.55. The number of nitrogens with zero attached hydrogens (tertiary/aromatic N) is 5. The highest BCUT2D eigenvalue weighted by Crippen LogP contribution is 2.38. The monoisotopic (exact) mass is 385 g/mol. The summed E-state index contributed by atoms with van der Waals surface area (Å²) in [6.45, 7) is 1.76. The average Bonchev–Trinajstić information content (AvgIpc) is 3.30. The lowest BCUT2D eigenvalue weighted by Crippen LogP contribution is -2.49. The van der Waals surface area contributed by atoms with Crippen molar-refractivity contribution in [2.24, 2.45) is 0 Å². The first-order valence-corrected chi connectivity index (χ1v) is 9.44. The molecule has 1 saturated heterocycles. The zero-order chi connectivity index (χ0) is 19.3. The van der Waals surface area contributed by atoms with Crippen LogP contribution in [0.25, 0.3) is 11.0 Å². The smallest absolute Gasteiger partial charge is 0.245 e. The first-order valence-electron chi connectivity index (χ1n) is 9.44. The van der Waals surface area contributed by atoms with Crippen LogP contribution < -0.4 is 0 Å². The molecule has 1 amide bonds. The molecule has 1 atom stereocenters. The van der Waals surface area contributed by atoms with E-state index in [2.05, 4.69) is 20.2 Å². The summed E-state index contributed by atoms with van der Waals surface area (Å²) in [5, 5.41) is 8.57. The fourth-order valence-electron chi connectivity index (χ4n) is 3.60. The van der Waals surface area contributed by atoms with Gasteiger partial charge in [-0.1, -0.05) is 10.3 Å². The van der Waals surface area contributed by atoms with Crippen LogP contribution in [0.4, 0.5) is 4.39 Å². The Bertz CT molecular complexity index is 1030. The zero-order valence-electron chi connectivity index (χ0n) is 15.5. The maximum Gasteiger partial charge on any atom is 0.245 e. The fraction of sp³-hybridized carbons (Fsp3) is 0.474. The van der Waals surface area contributed by atoms with E-state index in [1.54, 1.807) is 4.90 Å². The molecule has 1 aliphatic heterocycles. The van der Waals surface area contributed by atoms with Crippen molar-refractivity contribution in [3.05, 3.63) is 41.4 Å². The summed E-state index contributed by atoms with van der Waals surface area (Å²) in [6, 6.07) is 4.04. The lowest BCUT2D eigenvalue weighted by atomic mass is 10.1. The van der Waals surface area contributed by atoms with E-state index >= 15 is 0 Å². The van der Waals surface area contributed by atoms with Gasteiger partial charge < -0.3 is 13.9 Å². The highest BCUT2D eigenvalue weighted by atomic mass is 19.1. The van der Waals surface area contributed by atoms with Crippen LogP contribution in [0.15, 0.2) is 27.2 Å². The molecular weight excluding hydrogens is 365 g/mol. The summed E-state index contributed by atoms with van der Waals surface area (Å²) in [5.41, 5.74) is 0.919. The molecular formula is C19H20FN5O3. The Morgan fingerprint density at radius 2 is 2.11 bits per heavy atom. The van der Waals surface area contributed by atoms with Gasteiger partial charge in [-0.2, -0.15) is 4.98 Å². The average molecular weight is 385 g/mol. The van der Waals surface area contributed by atoms with E-state index in [1.807, 2.05) is 7.05 Å². The predicted molar refractivity (Wildman–Crippen MR) is 95.9 cm³/mol. The number of carbonyl (C=O) groups excluding carboxylic acids is 1. The van der Waals surface area contributed by atoms with Crippen LogP contribution >= 0.6 is 0 Å². The SMILES string of the molecule is CN1CCN(C(=O)Cc2noc3ccc(F)cc23)CC1c1nc(C2CC2)no1. The van der Waals surface area contributed by atoms with Crippen molar-refractivity contribution in [2.75, 3.05) is 26.7 Å². The minimum absolute atomic E-state index is 0.0596. The topological polar surface area (TPSA) is 88.5 Å². The number of benzene rings is 1. The lowest BCUT2D eigenvalue weighted by Gasteiger charge is -2.37. The Labute approximate surface area is 160 Å². The Kier molecular flexibility index (Phi) is 4.12. The number of likely N-dealkylation sites (N-methyl/N-ethyl adjacent to an activating group) is 1. The number of fused-ring (bicyclic) bond motifs is 1. The first kappa shape index (κ1) is 17.3. The van der Waals surface area contributed by atoms with E-state index in [4.69, 9.17) is 9.05 Å². The summed E-state index contributed by atoms with van der Waals surface area (Å²) >= 11 is 0. The van der Waals surface area contributed by atoms with Gasteiger partial charge in [0.25, 0.3) is 0 Å². The Hall–Kier alpha value is -2.81. The summed E-state index contributed by atoms with van der Waals surface area (Å²) in [5.74, 6) is 1.27. The maximum atomic E-state index is 13.5. The number of rotatable bonds is 4. The van der Waals surface area contributed by atoms with Gasteiger partial charge in [-0.05, 0) is 38.1 Å². The predicted octanol–water partition coefficient (Wildman–Crippen LogP) is 2.29. The molecule has 2 aromatic heterocycles. The molecule has 0 spiro atoms. The standard InChI is InChI=1S/C19H20FN5O3/c1-24-6-7-25(10-15(24)19-21-18(23-28-19)11-2-3-11)17(26)9-14-13-8-12(20)4-5-16(13)27-22-14/h4-5,8,11,15H,2-3,6-7,9-10H2,1H3. The van der Waals surface area contributed by atoms with Crippen LogP contribution in [0.5, 0.6) is 0 Å². The van der Waals surface area contributed by atoms with Gasteiger partial charge in [0.15, 0.2) is 11.4 Å². The number of halogens is 1. The summed E-state index contributed by atoms with van der Waals surface area (Å²) in [4.78, 5) is 21.3. The number of hydrogen-bond donors (Lipinski definition) is 0. The molecule has 2 fully saturated rings. The van der Waals surface area contributed by atoms with Crippen molar-refractivity contribution in [1.82, 2.24) is 25.1 Å². The third-order valence-corrected chi connectivity index (χ3v) is 5.51. The number of piperazine rings is 1. The van der Waals surface area contributed by atoms with Gasteiger partial charge in [-0.15, -0.1) is 0 Å². The van der Waals surface area contributed by atoms with Crippen molar-refractivity contribution >= 4 is 16.9 Å². The van der Waals surface area contributed by atoms with Crippen molar-refractivity contribution in [3.8, 4) is 0 Å². The number of carbonyl (C=O) groups is 1. The third-order valence-electron chi connectivity index (χ3n) is 5.51. The van der Waals surface area contributed by atoms with Crippen LogP contribution in [0.3, 0.4) is 0 Å². The lowest BCUT2D eigenvalue weighted by molar-refractivity contribution is -0.133. The van der Waals surface area contributed by atoms with Gasteiger partial charge in [0.1, 0.15) is 17.6 Å². The molecule has 8 nitrogen and oxygen atoms in total. The normalized spacial score (nSPS) is 20.8. The molecule has 1 unspecified atom stereocenters. The first-order chi connectivity index (χ1) is 13.6. The van der Waals surface area contributed by atoms with Crippen molar-refractivity contribution in [2.45, 2.75) is 31.2 Å². The molecule has 3 aromatic rings. The molecule has 0 radical (unpaired) electrons. The molecule has 0 N–H and O–H groups in total. The van der Waals surface area contributed by atoms with E-state index in [-0.39, 0.29) is 24.2 Å². The molecule has 146 valence electrons. The van der Waals surface area contributed by atoms with Crippen LogP contribution in [0, 0.1) is 5.82 Å². The van der Waals surface area contributed by atoms with Crippen LogP contribution in [0.2, 0.25) is 0 Å². The minimum Gasteiger partial charge on any atom is -0.356 e. The van der Waals surface area contributed by atoms with Gasteiger partial charge >= 0.3 is 0 Å². The highest BCUT2D eigenvalue weighted by Gasteiger charge is 2.35. The second kappa shape index (κ2) is 6.66. The second-order valence-corrected chi connectivity index (χ2v) is 7.55. The quantitative estimate of drug-likeness (QED) is 0.681. The van der Waals surface area contributed by atoms with Crippen molar-refractivity contribution < 1.29 is 18.2 Å². The van der Waals surface area contributed by atoms with E-state index in [9.17, 15) is 9.18 Å². The van der Waals surface area contributed by atoms with Gasteiger partial charge in [-0.3, -0.25) is 9.69 Å². The molecule has 9 heteroatoms. The third kappa shape index (κ3) is 3.15. The van der Waals surface area contributed by atoms with Gasteiger partial charge in [-0.25, -0.2) is 4.39 Å². The van der Waals surface area contributed by atoms with E-state index in [0.29, 0.717) is 48.1 Å². The van der Waals surface area contributed by atoms with E-state index < -0.39 is 0 Å². The number of amides is 1. The van der Waals surface area contributed by atoms with E-state index in [0.717, 1.165) is 18.7 Å². The molecule has 3 heterocycles. The van der Waals surface area contributed by atoms with Crippen molar-refractivity contribution in [3.63, 3.8) is 0 Å². The zero-order valence-corrected chi connectivity index (χ0v) is 15.5. The summed E-state index contributed by atoms with van der Waals surface area (Å²) in [6.07, 6.45) is 2.27. The molecule has 5 rings (SSSR count). The summed E-state index contributed by atoms with van der Waals surface area (Å²) in [7, 11) is 1.99. The van der Waals surface area contributed by atoms with Gasteiger partial charge in [0.2, 0.25) is 11.8 Å². The summed E-state index contributed by atoms with van der Waals surface area (Å²) < 4.78 is 24.2. The minimum atomic E-state index is -0.382. The van der Waals surface area contributed by atoms with Crippen molar-refractivity contribution in [1.29, 1.82) is 0 Å². The largest absolute Gasteiger partial charge is 0.356 e. The number of hydrogen-bond acceptors (Lipinski definition) is 7. The Balaban J connectivity index is 1.32. The van der Waals surface area contributed by atoms with Gasteiger partial charge in [0.05, 0.1) is 6.42 Å². The number of aromatic nitrogens is 3. The maximum absolute atomic E-state index is 13.5. The highest BCUT2D eigenvalue weighted by molar-refractivity contribution is 5.86. The molecule has 28 heavy (non-hydrogen) atoms. The molecule has 0 bridgehead atoms. The molecule has 1 aromatic carbocycles. The van der Waals surface area contributed by atoms with E-state index in [1.165, 1.54) is 18.2 Å².